The monoisotopic (exact) mass is 426 g/mol. The highest BCUT2D eigenvalue weighted by molar-refractivity contribution is 6.05. The van der Waals surface area contributed by atoms with Gasteiger partial charge in [0.2, 0.25) is 0 Å². The molecular weight excluding hydrogens is 404 g/mol. The number of hydrogen-bond acceptors (Lipinski definition) is 6. The Kier molecular flexibility index (Phi) is 4.99. The molecule has 0 aliphatic heterocycles. The molecule has 0 unspecified atom stereocenters. The van der Waals surface area contributed by atoms with E-state index >= 15 is 0 Å². The van der Waals surface area contributed by atoms with E-state index in [0.717, 1.165) is 11.1 Å². The lowest BCUT2D eigenvalue weighted by atomic mass is 10.2. The fourth-order valence-electron chi connectivity index (χ4n) is 3.75. The molecule has 8 nitrogen and oxygen atoms in total. The van der Waals surface area contributed by atoms with E-state index in [2.05, 4.69) is 5.10 Å². The molecule has 0 spiro atoms. The average Bonchev–Trinajstić information content (AvgIpc) is 3.09. The lowest BCUT2D eigenvalue weighted by Gasteiger charge is -2.08. The van der Waals surface area contributed by atoms with Gasteiger partial charge in [-0.15, -0.1) is 0 Å². The Morgan fingerprint density at radius 1 is 0.969 bits per heavy atom. The molecule has 5 aromatic rings. The molecule has 0 atom stereocenters. The van der Waals surface area contributed by atoms with Crippen molar-refractivity contribution in [2.45, 2.75) is 20.4 Å². The van der Waals surface area contributed by atoms with Gasteiger partial charge in [0.05, 0.1) is 30.4 Å². The van der Waals surface area contributed by atoms with Crippen molar-refractivity contribution in [2.75, 3.05) is 13.7 Å². The molecular formula is C24H22N6O2. The van der Waals surface area contributed by atoms with E-state index in [9.17, 15) is 4.79 Å². The van der Waals surface area contributed by atoms with E-state index < -0.39 is 0 Å². The number of rotatable bonds is 5. The number of benzene rings is 2. The van der Waals surface area contributed by atoms with E-state index in [1.54, 1.807) is 29.5 Å². The molecule has 0 aliphatic rings. The summed E-state index contributed by atoms with van der Waals surface area (Å²) in [5, 5.41) is 5.06. The third-order valence-corrected chi connectivity index (χ3v) is 5.45. The van der Waals surface area contributed by atoms with Crippen molar-refractivity contribution in [3.05, 3.63) is 75.8 Å². The Bertz CT molecular complexity index is 1550. The van der Waals surface area contributed by atoms with Crippen molar-refractivity contribution in [1.29, 1.82) is 0 Å². The first kappa shape index (κ1) is 20.0. The number of fused-ring (bicyclic) bond motifs is 4. The normalized spacial score (nSPS) is 12.0. The van der Waals surface area contributed by atoms with E-state index in [-0.39, 0.29) is 5.56 Å². The molecule has 0 aliphatic carbocycles. The number of nitrogens with zero attached hydrogens (tertiary/aromatic N) is 6. The van der Waals surface area contributed by atoms with Crippen LogP contribution in [0.1, 0.15) is 17.0 Å². The van der Waals surface area contributed by atoms with Crippen LogP contribution in [0.15, 0.2) is 58.4 Å². The summed E-state index contributed by atoms with van der Waals surface area (Å²) in [6.07, 6.45) is 1.74. The number of aromatic nitrogens is 5. The van der Waals surface area contributed by atoms with E-state index in [4.69, 9.17) is 19.7 Å². The standard InChI is InChI=1S/C24H22N6O2/c1-15-8-10-17(11-9-15)14-25-30-22-20(24(31)29(12-13-32-3)16(2)26-22)21-23(30)28-19-7-5-4-6-18(19)27-21/h4-11,14H,12-13H2,1-3H3/b25-14+. The van der Waals surface area contributed by atoms with Crippen molar-refractivity contribution in [3.63, 3.8) is 0 Å². The number of aryl methyl sites for hydroxylation is 2. The predicted molar refractivity (Wildman–Crippen MR) is 125 cm³/mol. The van der Waals surface area contributed by atoms with Gasteiger partial charge in [-0.1, -0.05) is 42.0 Å². The van der Waals surface area contributed by atoms with E-state index in [1.807, 2.05) is 55.5 Å². The first-order chi connectivity index (χ1) is 15.6. The molecule has 2 aromatic carbocycles. The van der Waals surface area contributed by atoms with E-state index in [0.29, 0.717) is 46.7 Å². The largest absolute Gasteiger partial charge is 0.383 e. The first-order valence-electron chi connectivity index (χ1n) is 10.3. The van der Waals surface area contributed by atoms with Crippen molar-refractivity contribution >= 4 is 39.4 Å². The fourth-order valence-corrected chi connectivity index (χ4v) is 3.75. The van der Waals surface area contributed by atoms with E-state index in [1.165, 1.54) is 5.56 Å². The number of hydrogen-bond donors (Lipinski definition) is 0. The SMILES string of the molecule is COCCn1c(C)nc2c(c1=O)c1nc3ccccc3nc1n2/N=C/c1ccc(C)cc1. The summed E-state index contributed by atoms with van der Waals surface area (Å²) in [6, 6.07) is 15.6. The van der Waals surface area contributed by atoms with Crippen LogP contribution in [0.25, 0.3) is 33.2 Å². The Labute approximate surface area is 183 Å². The van der Waals surface area contributed by atoms with Crippen LogP contribution in [0, 0.1) is 13.8 Å². The molecule has 32 heavy (non-hydrogen) atoms. The quantitative estimate of drug-likeness (QED) is 0.402. The van der Waals surface area contributed by atoms with Gasteiger partial charge in [0.25, 0.3) is 5.56 Å². The second-order valence-electron chi connectivity index (χ2n) is 7.66. The molecule has 3 aromatic heterocycles. The Morgan fingerprint density at radius 2 is 1.69 bits per heavy atom. The van der Waals surface area contributed by atoms with Gasteiger partial charge in [-0.2, -0.15) is 9.78 Å². The van der Waals surface area contributed by atoms with Crippen LogP contribution < -0.4 is 5.56 Å². The third kappa shape index (κ3) is 3.34. The zero-order valence-corrected chi connectivity index (χ0v) is 18.1. The number of methoxy groups -OCH3 is 1. The maximum Gasteiger partial charge on any atom is 0.265 e. The molecule has 8 heteroatoms. The van der Waals surface area contributed by atoms with Crippen LogP contribution in [-0.4, -0.2) is 44.1 Å². The molecule has 0 saturated carbocycles. The maximum absolute atomic E-state index is 13.5. The second kappa shape index (κ2) is 7.97. The van der Waals surface area contributed by atoms with Crippen LogP contribution in [0.3, 0.4) is 0 Å². The minimum absolute atomic E-state index is 0.177. The van der Waals surface area contributed by atoms with Crippen LogP contribution in [0.2, 0.25) is 0 Å². The van der Waals surface area contributed by atoms with Gasteiger partial charge in [-0.05, 0) is 31.5 Å². The predicted octanol–water partition coefficient (Wildman–Crippen LogP) is 3.44. The lowest BCUT2D eigenvalue weighted by molar-refractivity contribution is 0.185. The molecule has 3 heterocycles. The first-order valence-corrected chi connectivity index (χ1v) is 10.3. The summed E-state index contributed by atoms with van der Waals surface area (Å²) in [5.74, 6) is 0.582. The molecule has 160 valence electrons. The smallest absolute Gasteiger partial charge is 0.265 e. The molecule has 0 saturated heterocycles. The number of ether oxygens (including phenoxy) is 1. The Morgan fingerprint density at radius 3 is 2.41 bits per heavy atom. The summed E-state index contributed by atoms with van der Waals surface area (Å²) < 4.78 is 8.39. The highest BCUT2D eigenvalue weighted by Crippen LogP contribution is 2.25. The molecule has 0 fully saturated rings. The van der Waals surface area contributed by atoms with Gasteiger partial charge in [-0.25, -0.2) is 15.0 Å². The summed E-state index contributed by atoms with van der Waals surface area (Å²) in [6.45, 7) is 4.66. The van der Waals surface area contributed by atoms with Gasteiger partial charge in [-0.3, -0.25) is 9.36 Å². The topological polar surface area (TPSA) is 87.2 Å². The van der Waals surface area contributed by atoms with Crippen LogP contribution in [-0.2, 0) is 11.3 Å². The lowest BCUT2D eigenvalue weighted by Crippen LogP contribution is -2.25. The third-order valence-electron chi connectivity index (χ3n) is 5.45. The minimum Gasteiger partial charge on any atom is -0.383 e. The number of para-hydroxylation sites is 2. The average molecular weight is 426 g/mol. The van der Waals surface area contributed by atoms with Crippen molar-refractivity contribution in [2.24, 2.45) is 5.10 Å². The van der Waals surface area contributed by atoms with Gasteiger partial charge >= 0.3 is 0 Å². The molecule has 0 radical (unpaired) electrons. The zero-order chi connectivity index (χ0) is 22.2. The van der Waals surface area contributed by atoms with Crippen LogP contribution in [0.5, 0.6) is 0 Å². The zero-order valence-electron chi connectivity index (χ0n) is 18.1. The minimum atomic E-state index is -0.177. The fraction of sp³-hybridized carbons (Fsp3) is 0.208. The van der Waals surface area contributed by atoms with Crippen LogP contribution >= 0.6 is 0 Å². The summed E-state index contributed by atoms with van der Waals surface area (Å²) >= 11 is 0. The van der Waals surface area contributed by atoms with Gasteiger partial charge in [0, 0.05) is 7.11 Å². The summed E-state index contributed by atoms with van der Waals surface area (Å²) in [7, 11) is 1.61. The highest BCUT2D eigenvalue weighted by Gasteiger charge is 2.21. The van der Waals surface area contributed by atoms with Crippen LogP contribution in [0.4, 0.5) is 0 Å². The molecule has 0 N–H and O–H groups in total. The van der Waals surface area contributed by atoms with Crippen molar-refractivity contribution < 1.29 is 4.74 Å². The van der Waals surface area contributed by atoms with Gasteiger partial charge in [0.1, 0.15) is 16.7 Å². The maximum atomic E-state index is 13.5. The molecule has 0 bridgehead atoms. The van der Waals surface area contributed by atoms with Gasteiger partial charge in [0.15, 0.2) is 11.3 Å². The summed E-state index contributed by atoms with van der Waals surface area (Å²) in [5.41, 5.74) is 4.79. The molecule has 0 amide bonds. The second-order valence-corrected chi connectivity index (χ2v) is 7.66. The summed E-state index contributed by atoms with van der Waals surface area (Å²) in [4.78, 5) is 27.7. The highest BCUT2D eigenvalue weighted by atomic mass is 16.5. The van der Waals surface area contributed by atoms with Gasteiger partial charge < -0.3 is 4.74 Å². The Balaban J connectivity index is 1.83. The van der Waals surface area contributed by atoms with Crippen molar-refractivity contribution in [3.8, 4) is 0 Å². The molecule has 5 rings (SSSR count). The van der Waals surface area contributed by atoms with Crippen molar-refractivity contribution in [1.82, 2.24) is 24.2 Å². The Hall–Kier alpha value is -3.91.